The SMILES string of the molecule is CCCC1(C(=O)O)CCCN1C(=O)CCN1CCSC1=O. The van der Waals surface area contributed by atoms with Crippen molar-refractivity contribution in [3.05, 3.63) is 0 Å². The van der Waals surface area contributed by atoms with Crippen molar-refractivity contribution < 1.29 is 19.5 Å². The minimum absolute atomic E-state index is 0.0160. The number of hydrogen-bond donors (Lipinski definition) is 1. The van der Waals surface area contributed by atoms with Crippen LogP contribution in [0.1, 0.15) is 39.0 Å². The van der Waals surface area contributed by atoms with Crippen LogP contribution in [0, 0.1) is 0 Å². The summed E-state index contributed by atoms with van der Waals surface area (Å²) < 4.78 is 0. The van der Waals surface area contributed by atoms with Crippen molar-refractivity contribution in [2.45, 2.75) is 44.6 Å². The number of rotatable bonds is 6. The summed E-state index contributed by atoms with van der Waals surface area (Å²) in [4.78, 5) is 38.8. The molecule has 0 aliphatic carbocycles. The first-order chi connectivity index (χ1) is 10.0. The Balaban J connectivity index is 1.99. The lowest BCUT2D eigenvalue weighted by atomic mass is 9.90. The van der Waals surface area contributed by atoms with Gasteiger partial charge < -0.3 is 14.9 Å². The first-order valence-electron chi connectivity index (χ1n) is 7.47. The fraction of sp³-hybridized carbons (Fsp3) is 0.786. The molecule has 2 fully saturated rings. The van der Waals surface area contributed by atoms with Crippen molar-refractivity contribution in [3.63, 3.8) is 0 Å². The molecule has 2 aliphatic heterocycles. The van der Waals surface area contributed by atoms with Crippen LogP contribution in [0.5, 0.6) is 0 Å². The number of carbonyl (C=O) groups is 3. The molecule has 1 atom stereocenters. The Kier molecular flexibility index (Phi) is 5.13. The molecule has 2 amide bonds. The van der Waals surface area contributed by atoms with Gasteiger partial charge in [-0.2, -0.15) is 0 Å². The molecule has 0 aromatic heterocycles. The fourth-order valence-electron chi connectivity index (χ4n) is 3.24. The molecule has 0 bridgehead atoms. The van der Waals surface area contributed by atoms with E-state index in [2.05, 4.69) is 0 Å². The van der Waals surface area contributed by atoms with Crippen molar-refractivity contribution in [2.24, 2.45) is 0 Å². The molecule has 6 nitrogen and oxygen atoms in total. The van der Waals surface area contributed by atoms with Crippen LogP contribution in [-0.4, -0.2) is 62.9 Å². The van der Waals surface area contributed by atoms with E-state index in [4.69, 9.17) is 0 Å². The van der Waals surface area contributed by atoms with E-state index in [1.165, 1.54) is 16.7 Å². The zero-order valence-corrected chi connectivity index (χ0v) is 13.2. The molecule has 21 heavy (non-hydrogen) atoms. The third-order valence-corrected chi connectivity index (χ3v) is 5.18. The maximum atomic E-state index is 12.4. The quantitative estimate of drug-likeness (QED) is 0.808. The summed E-state index contributed by atoms with van der Waals surface area (Å²) in [6.45, 7) is 3.51. The third kappa shape index (κ3) is 3.17. The van der Waals surface area contributed by atoms with Gasteiger partial charge in [-0.15, -0.1) is 0 Å². The smallest absolute Gasteiger partial charge is 0.329 e. The molecular weight excluding hydrogens is 292 g/mol. The summed E-state index contributed by atoms with van der Waals surface area (Å²) in [6, 6.07) is 0. The average molecular weight is 314 g/mol. The molecule has 1 N–H and O–H groups in total. The summed E-state index contributed by atoms with van der Waals surface area (Å²) in [5, 5.41) is 9.59. The molecular formula is C14H22N2O4S. The minimum Gasteiger partial charge on any atom is -0.479 e. The number of nitrogens with zero attached hydrogens (tertiary/aromatic N) is 2. The average Bonchev–Trinajstić information content (AvgIpc) is 3.04. The number of likely N-dealkylation sites (tertiary alicyclic amines) is 1. The van der Waals surface area contributed by atoms with E-state index in [0.29, 0.717) is 32.5 Å². The van der Waals surface area contributed by atoms with Gasteiger partial charge in [0, 0.05) is 31.8 Å². The molecule has 1 unspecified atom stereocenters. The standard InChI is InChI=1S/C14H22N2O4S/c1-2-5-14(12(18)19)6-3-7-16(14)11(17)4-8-15-9-10-21-13(15)20/h2-10H2,1H3,(H,18,19). The summed E-state index contributed by atoms with van der Waals surface area (Å²) >= 11 is 1.27. The van der Waals surface area contributed by atoms with E-state index in [0.717, 1.165) is 18.6 Å². The summed E-state index contributed by atoms with van der Waals surface area (Å²) in [5.74, 6) is -0.276. The highest BCUT2D eigenvalue weighted by Gasteiger charge is 2.48. The molecule has 0 saturated carbocycles. The molecule has 2 rings (SSSR count). The van der Waals surface area contributed by atoms with Crippen LogP contribution in [0.15, 0.2) is 0 Å². The minimum atomic E-state index is -1.03. The third-order valence-electron chi connectivity index (χ3n) is 4.29. The van der Waals surface area contributed by atoms with Crippen LogP contribution < -0.4 is 0 Å². The van der Waals surface area contributed by atoms with E-state index in [9.17, 15) is 19.5 Å². The van der Waals surface area contributed by atoms with Crippen molar-refractivity contribution in [2.75, 3.05) is 25.4 Å². The number of amides is 2. The maximum absolute atomic E-state index is 12.4. The van der Waals surface area contributed by atoms with Crippen LogP contribution in [0.2, 0.25) is 0 Å². The fourth-order valence-corrected chi connectivity index (χ4v) is 4.09. The monoisotopic (exact) mass is 314 g/mol. The second kappa shape index (κ2) is 6.68. The maximum Gasteiger partial charge on any atom is 0.329 e. The zero-order chi connectivity index (χ0) is 15.5. The Morgan fingerprint density at radius 1 is 1.38 bits per heavy atom. The summed E-state index contributed by atoms with van der Waals surface area (Å²) in [6.07, 6.45) is 2.70. The van der Waals surface area contributed by atoms with Crippen molar-refractivity contribution in [3.8, 4) is 0 Å². The van der Waals surface area contributed by atoms with E-state index >= 15 is 0 Å². The van der Waals surface area contributed by atoms with Gasteiger partial charge in [0.15, 0.2) is 0 Å². The lowest BCUT2D eigenvalue weighted by Crippen LogP contribution is -2.53. The summed E-state index contributed by atoms with van der Waals surface area (Å²) in [5.41, 5.74) is -1.03. The zero-order valence-electron chi connectivity index (χ0n) is 12.3. The first-order valence-corrected chi connectivity index (χ1v) is 8.45. The highest BCUT2D eigenvalue weighted by Crippen LogP contribution is 2.34. The van der Waals surface area contributed by atoms with Gasteiger partial charge in [0.2, 0.25) is 5.91 Å². The number of hydrogen-bond acceptors (Lipinski definition) is 4. The van der Waals surface area contributed by atoms with Gasteiger partial charge in [-0.1, -0.05) is 25.1 Å². The first kappa shape index (κ1) is 16.1. The van der Waals surface area contributed by atoms with Gasteiger partial charge in [0.05, 0.1) is 0 Å². The molecule has 2 heterocycles. The Bertz CT molecular complexity index is 443. The predicted molar refractivity (Wildman–Crippen MR) is 80.3 cm³/mol. The van der Waals surface area contributed by atoms with Crippen molar-refractivity contribution in [1.82, 2.24) is 9.80 Å². The highest BCUT2D eigenvalue weighted by molar-refractivity contribution is 8.13. The van der Waals surface area contributed by atoms with Gasteiger partial charge in [-0.3, -0.25) is 9.59 Å². The number of aliphatic carboxylic acids is 1. The highest BCUT2D eigenvalue weighted by atomic mass is 32.2. The Morgan fingerprint density at radius 2 is 2.14 bits per heavy atom. The largest absolute Gasteiger partial charge is 0.479 e. The van der Waals surface area contributed by atoms with Crippen LogP contribution in [-0.2, 0) is 9.59 Å². The van der Waals surface area contributed by atoms with Gasteiger partial charge in [0.1, 0.15) is 5.54 Å². The van der Waals surface area contributed by atoms with E-state index in [1.54, 1.807) is 4.90 Å². The molecule has 7 heteroatoms. The van der Waals surface area contributed by atoms with E-state index < -0.39 is 11.5 Å². The van der Waals surface area contributed by atoms with Crippen LogP contribution in [0.3, 0.4) is 0 Å². The number of thioether (sulfide) groups is 1. The van der Waals surface area contributed by atoms with E-state index in [-0.39, 0.29) is 17.6 Å². The molecule has 2 aliphatic rings. The Labute approximate surface area is 128 Å². The number of carboxylic acids is 1. The molecule has 0 aromatic rings. The Hall–Kier alpha value is -1.24. The van der Waals surface area contributed by atoms with Gasteiger partial charge in [0.25, 0.3) is 5.24 Å². The normalized spacial score (nSPS) is 25.7. The lowest BCUT2D eigenvalue weighted by molar-refractivity contribution is -0.157. The summed E-state index contributed by atoms with van der Waals surface area (Å²) in [7, 11) is 0. The van der Waals surface area contributed by atoms with Crippen molar-refractivity contribution >= 4 is 28.9 Å². The lowest BCUT2D eigenvalue weighted by Gasteiger charge is -2.35. The molecule has 118 valence electrons. The van der Waals surface area contributed by atoms with E-state index in [1.807, 2.05) is 6.92 Å². The number of carboxylic acid groups (broad SMARTS) is 1. The van der Waals surface area contributed by atoms with Crippen molar-refractivity contribution in [1.29, 1.82) is 0 Å². The second-order valence-corrected chi connectivity index (χ2v) is 6.63. The predicted octanol–water partition coefficient (Wildman–Crippen LogP) is 1.79. The number of carbonyl (C=O) groups excluding carboxylic acids is 2. The second-order valence-electron chi connectivity index (χ2n) is 5.59. The van der Waals surface area contributed by atoms with Crippen LogP contribution in [0.25, 0.3) is 0 Å². The van der Waals surface area contributed by atoms with Crippen LogP contribution >= 0.6 is 11.8 Å². The van der Waals surface area contributed by atoms with Gasteiger partial charge in [-0.05, 0) is 19.3 Å². The molecule has 0 aromatic carbocycles. The van der Waals surface area contributed by atoms with Gasteiger partial charge in [-0.25, -0.2) is 4.79 Å². The Morgan fingerprint density at radius 3 is 2.71 bits per heavy atom. The van der Waals surface area contributed by atoms with Gasteiger partial charge >= 0.3 is 5.97 Å². The molecule has 0 radical (unpaired) electrons. The molecule has 0 spiro atoms. The molecule has 2 saturated heterocycles. The topological polar surface area (TPSA) is 77.9 Å². The van der Waals surface area contributed by atoms with Crippen LogP contribution in [0.4, 0.5) is 4.79 Å².